The van der Waals surface area contributed by atoms with Crippen molar-refractivity contribution in [3.05, 3.63) is 0 Å². The van der Waals surface area contributed by atoms with Crippen molar-refractivity contribution in [2.24, 2.45) is 11.8 Å². The van der Waals surface area contributed by atoms with Crippen LogP contribution in [0.4, 0.5) is 4.39 Å². The highest BCUT2D eigenvalue weighted by Gasteiger charge is 2.24. The molecule has 0 aromatic heterocycles. The van der Waals surface area contributed by atoms with Gasteiger partial charge < -0.3 is 10.2 Å². The van der Waals surface area contributed by atoms with Gasteiger partial charge in [-0.15, -0.1) is 0 Å². The van der Waals surface area contributed by atoms with Crippen LogP contribution in [0.5, 0.6) is 0 Å². The number of nitrogens with zero attached hydrogens (tertiary/aromatic N) is 1. The molecule has 0 saturated carbocycles. The molecule has 0 radical (unpaired) electrons. The zero-order valence-electron chi connectivity index (χ0n) is 12.1. The van der Waals surface area contributed by atoms with E-state index in [0.29, 0.717) is 18.9 Å². The number of hydrogen-bond acceptors (Lipinski definition) is 2. The summed E-state index contributed by atoms with van der Waals surface area (Å²) in [6, 6.07) is 0.193. The van der Waals surface area contributed by atoms with E-state index in [1.54, 1.807) is 0 Å². The van der Waals surface area contributed by atoms with Crippen molar-refractivity contribution in [3.8, 4) is 0 Å². The van der Waals surface area contributed by atoms with Crippen LogP contribution in [0.25, 0.3) is 0 Å². The van der Waals surface area contributed by atoms with Crippen LogP contribution in [0.15, 0.2) is 0 Å². The molecular formula is C14H27FN2O. The first-order valence-electron chi connectivity index (χ1n) is 7.07. The highest BCUT2D eigenvalue weighted by atomic mass is 19.1. The average molecular weight is 258 g/mol. The quantitative estimate of drug-likeness (QED) is 0.792. The summed E-state index contributed by atoms with van der Waals surface area (Å²) in [4.78, 5) is 13.9. The molecule has 1 fully saturated rings. The maximum absolute atomic E-state index is 13.1. The Hall–Kier alpha value is -0.640. The largest absolute Gasteiger partial charge is 0.353 e. The van der Waals surface area contributed by atoms with E-state index in [1.807, 2.05) is 13.8 Å². The Morgan fingerprint density at radius 2 is 2.06 bits per heavy atom. The zero-order valence-corrected chi connectivity index (χ0v) is 12.1. The smallest absolute Gasteiger partial charge is 0.222 e. The van der Waals surface area contributed by atoms with E-state index in [1.165, 1.54) is 0 Å². The van der Waals surface area contributed by atoms with Gasteiger partial charge in [0.1, 0.15) is 6.17 Å². The first kappa shape index (κ1) is 15.4. The molecule has 0 aromatic carbocycles. The van der Waals surface area contributed by atoms with Gasteiger partial charge in [-0.05, 0) is 18.8 Å². The standard InChI is InChI=1S/C14H27FN2O/c1-10(2)13(16-14(18)11(3)4)6-8-17-7-5-12(15)9-17/h10-13H,5-9H2,1-4H3,(H,16,18)/t12-,13+/m0/s1. The summed E-state index contributed by atoms with van der Waals surface area (Å²) in [5.74, 6) is 0.545. The van der Waals surface area contributed by atoms with Crippen molar-refractivity contribution >= 4 is 5.91 Å². The van der Waals surface area contributed by atoms with Gasteiger partial charge in [0.05, 0.1) is 0 Å². The average Bonchev–Trinajstić information content (AvgIpc) is 2.69. The lowest BCUT2D eigenvalue weighted by Gasteiger charge is -2.25. The molecule has 1 heterocycles. The first-order valence-corrected chi connectivity index (χ1v) is 7.07. The minimum atomic E-state index is -0.659. The number of carbonyl (C=O) groups excluding carboxylic acids is 1. The van der Waals surface area contributed by atoms with Gasteiger partial charge in [0.15, 0.2) is 0 Å². The van der Waals surface area contributed by atoms with Crippen molar-refractivity contribution in [1.82, 2.24) is 10.2 Å². The Labute approximate surface area is 110 Å². The van der Waals surface area contributed by atoms with Crippen LogP contribution in [0.3, 0.4) is 0 Å². The molecule has 1 rings (SSSR count). The van der Waals surface area contributed by atoms with Gasteiger partial charge in [-0.2, -0.15) is 0 Å². The number of alkyl halides is 1. The van der Waals surface area contributed by atoms with Gasteiger partial charge in [0.25, 0.3) is 0 Å². The Kier molecular flexibility index (Phi) is 6.06. The zero-order chi connectivity index (χ0) is 13.7. The molecule has 0 aliphatic carbocycles. The van der Waals surface area contributed by atoms with Crippen LogP contribution < -0.4 is 5.32 Å². The van der Waals surface area contributed by atoms with Crippen molar-refractivity contribution in [3.63, 3.8) is 0 Å². The third-order valence-electron chi connectivity index (χ3n) is 3.63. The normalized spacial score (nSPS) is 22.7. The summed E-state index contributed by atoms with van der Waals surface area (Å²) < 4.78 is 13.1. The SMILES string of the molecule is CC(C)C(=O)N[C@H](CCN1CC[C@H](F)C1)C(C)C. The minimum absolute atomic E-state index is 0.0215. The predicted octanol–water partition coefficient (Wildman–Crippen LogP) is 2.22. The molecule has 1 saturated heterocycles. The summed E-state index contributed by atoms with van der Waals surface area (Å²) in [6.45, 7) is 10.3. The lowest BCUT2D eigenvalue weighted by Crippen LogP contribution is -2.42. The van der Waals surface area contributed by atoms with E-state index in [2.05, 4.69) is 24.1 Å². The summed E-state index contributed by atoms with van der Waals surface area (Å²) >= 11 is 0. The van der Waals surface area contributed by atoms with E-state index >= 15 is 0 Å². The Morgan fingerprint density at radius 3 is 2.50 bits per heavy atom. The number of halogens is 1. The first-order chi connectivity index (χ1) is 8.40. The van der Waals surface area contributed by atoms with Crippen LogP contribution in [0, 0.1) is 11.8 Å². The molecule has 2 atom stereocenters. The third kappa shape index (κ3) is 4.92. The lowest BCUT2D eigenvalue weighted by molar-refractivity contribution is -0.125. The second-order valence-electron chi connectivity index (χ2n) is 5.99. The maximum atomic E-state index is 13.1. The topological polar surface area (TPSA) is 32.3 Å². The number of hydrogen-bond donors (Lipinski definition) is 1. The Morgan fingerprint density at radius 1 is 1.39 bits per heavy atom. The molecule has 106 valence electrons. The Balaban J connectivity index is 2.36. The van der Waals surface area contributed by atoms with Crippen LogP contribution >= 0.6 is 0 Å². The molecule has 1 N–H and O–H groups in total. The predicted molar refractivity (Wildman–Crippen MR) is 72.2 cm³/mol. The van der Waals surface area contributed by atoms with Crippen molar-refractivity contribution < 1.29 is 9.18 Å². The number of likely N-dealkylation sites (tertiary alicyclic amines) is 1. The highest BCUT2D eigenvalue weighted by molar-refractivity contribution is 5.78. The van der Waals surface area contributed by atoms with Gasteiger partial charge in [-0.1, -0.05) is 27.7 Å². The molecule has 4 heteroatoms. The molecule has 1 aliphatic heterocycles. The minimum Gasteiger partial charge on any atom is -0.353 e. The second kappa shape index (κ2) is 7.07. The highest BCUT2D eigenvalue weighted by Crippen LogP contribution is 2.15. The molecule has 1 aliphatic rings. The second-order valence-corrected chi connectivity index (χ2v) is 5.99. The van der Waals surface area contributed by atoms with Gasteiger partial charge >= 0.3 is 0 Å². The van der Waals surface area contributed by atoms with E-state index in [-0.39, 0.29) is 17.9 Å². The molecule has 1 amide bonds. The summed E-state index contributed by atoms with van der Waals surface area (Å²) in [6.07, 6.45) is 0.904. The fourth-order valence-corrected chi connectivity index (χ4v) is 2.23. The van der Waals surface area contributed by atoms with Gasteiger partial charge in [-0.25, -0.2) is 4.39 Å². The number of rotatable bonds is 6. The monoisotopic (exact) mass is 258 g/mol. The summed E-state index contributed by atoms with van der Waals surface area (Å²) in [5.41, 5.74) is 0. The molecule has 0 bridgehead atoms. The van der Waals surface area contributed by atoms with Crippen LogP contribution in [0.2, 0.25) is 0 Å². The van der Waals surface area contributed by atoms with Gasteiger partial charge in [-0.3, -0.25) is 4.79 Å². The number of nitrogens with one attached hydrogen (secondary N) is 1. The number of amides is 1. The van der Waals surface area contributed by atoms with Crippen LogP contribution in [0.1, 0.15) is 40.5 Å². The van der Waals surface area contributed by atoms with Gasteiger partial charge in [0, 0.05) is 31.6 Å². The molecule has 3 nitrogen and oxygen atoms in total. The van der Waals surface area contributed by atoms with E-state index < -0.39 is 6.17 Å². The van der Waals surface area contributed by atoms with Crippen LogP contribution in [-0.4, -0.2) is 42.7 Å². The molecule has 0 unspecified atom stereocenters. The fourth-order valence-electron chi connectivity index (χ4n) is 2.23. The van der Waals surface area contributed by atoms with E-state index in [0.717, 1.165) is 19.5 Å². The van der Waals surface area contributed by atoms with Gasteiger partial charge in [0.2, 0.25) is 5.91 Å². The molecule has 0 spiro atoms. The number of carbonyl (C=O) groups is 1. The molecule has 0 aromatic rings. The van der Waals surface area contributed by atoms with Crippen molar-refractivity contribution in [2.45, 2.75) is 52.8 Å². The summed E-state index contributed by atoms with van der Waals surface area (Å²) in [5, 5.41) is 3.09. The third-order valence-corrected chi connectivity index (χ3v) is 3.63. The van der Waals surface area contributed by atoms with Crippen molar-refractivity contribution in [1.29, 1.82) is 0 Å². The maximum Gasteiger partial charge on any atom is 0.222 e. The van der Waals surface area contributed by atoms with Crippen LogP contribution in [-0.2, 0) is 4.79 Å². The van der Waals surface area contributed by atoms with Crippen molar-refractivity contribution in [2.75, 3.05) is 19.6 Å². The molecule has 18 heavy (non-hydrogen) atoms. The summed E-state index contributed by atoms with van der Waals surface area (Å²) in [7, 11) is 0. The van der Waals surface area contributed by atoms with E-state index in [9.17, 15) is 9.18 Å². The van der Waals surface area contributed by atoms with E-state index in [4.69, 9.17) is 0 Å². The lowest BCUT2D eigenvalue weighted by atomic mass is 9.99. The fraction of sp³-hybridized carbons (Fsp3) is 0.929. The Bertz CT molecular complexity index is 269. The molecular weight excluding hydrogens is 231 g/mol.